The Balaban J connectivity index is 1.40. The fourth-order valence-electron chi connectivity index (χ4n) is 2.65. The molecule has 0 radical (unpaired) electrons. The summed E-state index contributed by atoms with van der Waals surface area (Å²) in [6, 6.07) is 17.4. The molecule has 0 fully saturated rings. The number of halogens is 1. The molecule has 30 heavy (non-hydrogen) atoms. The molecule has 6 nitrogen and oxygen atoms in total. The Morgan fingerprint density at radius 3 is 2.13 bits per heavy atom. The fraction of sp³-hybridized carbons (Fsp3) is 0.136. The van der Waals surface area contributed by atoms with Crippen molar-refractivity contribution in [1.82, 2.24) is 16.0 Å². The molecule has 0 saturated carbocycles. The smallest absolute Gasteiger partial charge is 0.261 e. The molecule has 3 amide bonds. The summed E-state index contributed by atoms with van der Waals surface area (Å²) in [7, 11) is 0. The topological polar surface area (TPSA) is 87.3 Å². The van der Waals surface area contributed by atoms with Crippen molar-refractivity contribution in [2.75, 3.05) is 13.1 Å². The van der Waals surface area contributed by atoms with Gasteiger partial charge in [-0.2, -0.15) is 0 Å². The van der Waals surface area contributed by atoms with Crippen molar-refractivity contribution in [2.24, 2.45) is 0 Å². The molecule has 3 N–H and O–H groups in total. The monoisotopic (exact) mass is 441 g/mol. The number of thiophene rings is 1. The normalized spacial score (nSPS) is 10.3. The van der Waals surface area contributed by atoms with Gasteiger partial charge in [0.05, 0.1) is 15.5 Å². The number of benzene rings is 2. The Hall–Kier alpha value is -3.16. The van der Waals surface area contributed by atoms with Crippen molar-refractivity contribution in [2.45, 2.75) is 6.54 Å². The first-order valence-corrected chi connectivity index (χ1v) is 10.5. The first-order valence-electron chi connectivity index (χ1n) is 9.26. The highest BCUT2D eigenvalue weighted by molar-refractivity contribution is 7.12. The molecule has 2 aromatic carbocycles. The van der Waals surface area contributed by atoms with Crippen LogP contribution in [-0.2, 0) is 6.54 Å². The third kappa shape index (κ3) is 5.92. The van der Waals surface area contributed by atoms with E-state index in [4.69, 9.17) is 11.6 Å². The lowest BCUT2D eigenvalue weighted by Gasteiger charge is -2.09. The third-order valence-corrected chi connectivity index (χ3v) is 5.43. The van der Waals surface area contributed by atoms with Crippen LogP contribution in [0.15, 0.2) is 66.0 Å². The summed E-state index contributed by atoms with van der Waals surface area (Å²) < 4.78 is 0. The van der Waals surface area contributed by atoms with Crippen LogP contribution in [0.5, 0.6) is 0 Å². The van der Waals surface area contributed by atoms with Gasteiger partial charge in [0.1, 0.15) is 0 Å². The molecule has 0 unspecified atom stereocenters. The van der Waals surface area contributed by atoms with Crippen molar-refractivity contribution >= 4 is 40.7 Å². The molecule has 1 aromatic heterocycles. The summed E-state index contributed by atoms with van der Waals surface area (Å²) in [5, 5.41) is 10.5. The second kappa shape index (κ2) is 10.6. The lowest BCUT2D eigenvalue weighted by molar-refractivity contribution is 0.0927. The number of carbonyl (C=O) groups is 3. The van der Waals surface area contributed by atoms with E-state index >= 15 is 0 Å². The van der Waals surface area contributed by atoms with Crippen molar-refractivity contribution < 1.29 is 14.4 Å². The number of carbonyl (C=O) groups excluding carboxylic acids is 3. The number of rotatable bonds is 8. The number of hydrogen-bond acceptors (Lipinski definition) is 4. The number of hydrogen-bond donors (Lipinski definition) is 3. The highest BCUT2D eigenvalue weighted by Gasteiger charge is 2.10. The molecule has 0 aliphatic carbocycles. The molecule has 1 heterocycles. The minimum atomic E-state index is -0.288. The van der Waals surface area contributed by atoms with Crippen molar-refractivity contribution in [3.05, 3.63) is 92.6 Å². The van der Waals surface area contributed by atoms with Gasteiger partial charge in [-0.3, -0.25) is 14.4 Å². The maximum atomic E-state index is 12.2. The van der Waals surface area contributed by atoms with E-state index in [1.807, 2.05) is 11.4 Å². The van der Waals surface area contributed by atoms with E-state index < -0.39 is 0 Å². The molecule has 154 valence electrons. The summed E-state index contributed by atoms with van der Waals surface area (Å²) in [4.78, 5) is 36.9. The first kappa shape index (κ1) is 21.5. The van der Waals surface area contributed by atoms with Gasteiger partial charge in [-0.1, -0.05) is 41.9 Å². The lowest BCUT2D eigenvalue weighted by Crippen LogP contribution is -2.34. The van der Waals surface area contributed by atoms with Crippen molar-refractivity contribution in [3.63, 3.8) is 0 Å². The quantitative estimate of drug-likeness (QED) is 0.467. The van der Waals surface area contributed by atoms with Crippen LogP contribution < -0.4 is 16.0 Å². The average molecular weight is 442 g/mol. The van der Waals surface area contributed by atoms with Gasteiger partial charge < -0.3 is 16.0 Å². The third-order valence-electron chi connectivity index (χ3n) is 4.23. The van der Waals surface area contributed by atoms with Crippen LogP contribution in [0.4, 0.5) is 0 Å². The van der Waals surface area contributed by atoms with Gasteiger partial charge in [0, 0.05) is 25.2 Å². The molecule has 3 rings (SSSR count). The Labute approximate surface area is 183 Å². The van der Waals surface area contributed by atoms with Crippen LogP contribution in [0.3, 0.4) is 0 Å². The van der Waals surface area contributed by atoms with Crippen LogP contribution in [0.25, 0.3) is 0 Å². The molecular weight excluding hydrogens is 422 g/mol. The Morgan fingerprint density at radius 1 is 0.767 bits per heavy atom. The van der Waals surface area contributed by atoms with E-state index in [1.165, 1.54) is 11.3 Å². The lowest BCUT2D eigenvalue weighted by atomic mass is 10.1. The van der Waals surface area contributed by atoms with E-state index in [1.54, 1.807) is 54.6 Å². The predicted octanol–water partition coefficient (Wildman–Crippen LogP) is 3.49. The van der Waals surface area contributed by atoms with Crippen LogP contribution in [0, 0.1) is 0 Å². The minimum Gasteiger partial charge on any atom is -0.350 e. The first-order chi connectivity index (χ1) is 14.5. The van der Waals surface area contributed by atoms with Gasteiger partial charge in [-0.25, -0.2) is 0 Å². The van der Waals surface area contributed by atoms with Crippen LogP contribution in [0.2, 0.25) is 5.02 Å². The van der Waals surface area contributed by atoms with E-state index in [2.05, 4.69) is 16.0 Å². The standard InChI is InChI=1S/C22H20ClN3O3S/c23-18-5-2-1-4-17(18)21(28)25-12-11-24-20(27)16-9-7-15(8-10-16)14-26-22(29)19-6-3-13-30-19/h1-10,13H,11-12,14H2,(H,24,27)(H,25,28)(H,26,29). The minimum absolute atomic E-state index is 0.120. The van der Waals surface area contributed by atoms with Gasteiger partial charge in [-0.05, 0) is 41.3 Å². The summed E-state index contributed by atoms with van der Waals surface area (Å²) in [5.74, 6) is -0.648. The largest absolute Gasteiger partial charge is 0.350 e. The Kier molecular flexibility index (Phi) is 7.59. The van der Waals surface area contributed by atoms with Gasteiger partial charge >= 0.3 is 0 Å². The zero-order valence-corrected chi connectivity index (χ0v) is 17.6. The van der Waals surface area contributed by atoms with Gasteiger partial charge in [0.15, 0.2) is 0 Å². The number of amides is 3. The van der Waals surface area contributed by atoms with E-state index in [-0.39, 0.29) is 30.8 Å². The van der Waals surface area contributed by atoms with Crippen LogP contribution in [0.1, 0.15) is 36.0 Å². The van der Waals surface area contributed by atoms with Gasteiger partial charge in [0.2, 0.25) is 0 Å². The Morgan fingerprint density at radius 2 is 1.47 bits per heavy atom. The van der Waals surface area contributed by atoms with Crippen LogP contribution in [-0.4, -0.2) is 30.8 Å². The second-order valence-electron chi connectivity index (χ2n) is 6.35. The molecule has 3 aromatic rings. The molecule has 0 saturated heterocycles. The molecule has 0 spiro atoms. The fourth-order valence-corrected chi connectivity index (χ4v) is 3.51. The SMILES string of the molecule is O=C(NCCNC(=O)c1ccccc1Cl)c1ccc(CNC(=O)c2cccs2)cc1. The second-order valence-corrected chi connectivity index (χ2v) is 7.70. The molecule has 8 heteroatoms. The summed E-state index contributed by atoms with van der Waals surface area (Å²) in [6.07, 6.45) is 0. The predicted molar refractivity (Wildman–Crippen MR) is 118 cm³/mol. The average Bonchev–Trinajstić information content (AvgIpc) is 3.30. The van der Waals surface area contributed by atoms with E-state index in [0.29, 0.717) is 27.6 Å². The van der Waals surface area contributed by atoms with E-state index in [9.17, 15) is 14.4 Å². The molecular formula is C22H20ClN3O3S. The van der Waals surface area contributed by atoms with E-state index in [0.717, 1.165) is 5.56 Å². The molecule has 0 aliphatic rings. The maximum absolute atomic E-state index is 12.2. The number of nitrogens with one attached hydrogen (secondary N) is 3. The highest BCUT2D eigenvalue weighted by Crippen LogP contribution is 2.14. The van der Waals surface area contributed by atoms with Crippen molar-refractivity contribution in [3.8, 4) is 0 Å². The Bertz CT molecular complexity index is 1020. The summed E-state index contributed by atoms with van der Waals surface area (Å²) in [5.41, 5.74) is 1.79. The highest BCUT2D eigenvalue weighted by atomic mass is 35.5. The zero-order chi connectivity index (χ0) is 21.3. The molecule has 0 bridgehead atoms. The zero-order valence-electron chi connectivity index (χ0n) is 16.0. The van der Waals surface area contributed by atoms with Gasteiger partial charge in [-0.15, -0.1) is 11.3 Å². The van der Waals surface area contributed by atoms with Crippen LogP contribution >= 0.6 is 22.9 Å². The summed E-state index contributed by atoms with van der Waals surface area (Å²) >= 11 is 7.37. The summed E-state index contributed by atoms with van der Waals surface area (Å²) in [6.45, 7) is 0.947. The molecule has 0 atom stereocenters. The molecule has 0 aliphatic heterocycles. The van der Waals surface area contributed by atoms with Gasteiger partial charge in [0.25, 0.3) is 17.7 Å². The van der Waals surface area contributed by atoms with Crippen molar-refractivity contribution in [1.29, 1.82) is 0 Å². The maximum Gasteiger partial charge on any atom is 0.261 e.